The quantitative estimate of drug-likeness (QED) is 0.643. The lowest BCUT2D eigenvalue weighted by Gasteiger charge is -2.34. The Balaban J connectivity index is 1.67. The van der Waals surface area contributed by atoms with E-state index in [0.29, 0.717) is 23.3 Å². The van der Waals surface area contributed by atoms with Gasteiger partial charge < -0.3 is 4.90 Å². The number of rotatable bonds is 3. The second-order valence-corrected chi connectivity index (χ2v) is 7.69. The fourth-order valence-corrected chi connectivity index (χ4v) is 3.81. The van der Waals surface area contributed by atoms with Crippen molar-refractivity contribution in [2.24, 2.45) is 7.05 Å². The van der Waals surface area contributed by atoms with Gasteiger partial charge in [0, 0.05) is 42.8 Å². The molecule has 1 fully saturated rings. The van der Waals surface area contributed by atoms with E-state index in [1.165, 1.54) is 18.0 Å². The first-order chi connectivity index (χ1) is 13.1. The van der Waals surface area contributed by atoms with Gasteiger partial charge in [0.2, 0.25) is 5.95 Å². The second-order valence-electron chi connectivity index (χ2n) is 6.77. The van der Waals surface area contributed by atoms with Gasteiger partial charge >= 0.3 is 0 Å². The van der Waals surface area contributed by atoms with Crippen molar-refractivity contribution in [1.82, 2.24) is 19.5 Å². The molecule has 0 saturated carbocycles. The van der Waals surface area contributed by atoms with Crippen molar-refractivity contribution < 1.29 is 0 Å². The molecule has 1 aliphatic heterocycles. The van der Waals surface area contributed by atoms with Crippen molar-refractivity contribution in [2.75, 3.05) is 18.0 Å². The highest BCUT2D eigenvalue weighted by Crippen LogP contribution is 2.30. The first-order valence-electron chi connectivity index (χ1n) is 8.96. The largest absolute Gasteiger partial charge is 0.342 e. The highest BCUT2D eigenvalue weighted by Gasteiger charge is 2.24. The molecule has 6 nitrogen and oxygen atoms in total. The summed E-state index contributed by atoms with van der Waals surface area (Å²) < 4.78 is 2.70. The Morgan fingerprint density at radius 1 is 1.15 bits per heavy atom. The smallest absolute Gasteiger partial charge is 0.255 e. The fraction of sp³-hybridized carbons (Fsp3) is 0.300. The maximum absolute atomic E-state index is 12.5. The summed E-state index contributed by atoms with van der Waals surface area (Å²) in [6.07, 6.45) is 5.33. The summed E-state index contributed by atoms with van der Waals surface area (Å²) in [6, 6.07) is 11.8. The molecule has 0 bridgehead atoms. The SMILES string of the molecule is Cn1c(N2CCCC(c3ccc(Br)cc3)C2)nc(-c2ccncn2)cc1=O. The van der Waals surface area contributed by atoms with Crippen LogP contribution in [0.2, 0.25) is 0 Å². The molecule has 0 amide bonds. The summed E-state index contributed by atoms with van der Waals surface area (Å²) in [5, 5.41) is 0. The average molecular weight is 426 g/mol. The van der Waals surface area contributed by atoms with Crippen LogP contribution in [0, 0.1) is 0 Å². The summed E-state index contributed by atoms with van der Waals surface area (Å²) >= 11 is 3.50. The minimum Gasteiger partial charge on any atom is -0.342 e. The zero-order chi connectivity index (χ0) is 18.8. The second kappa shape index (κ2) is 7.60. The van der Waals surface area contributed by atoms with Crippen molar-refractivity contribution in [3.8, 4) is 11.4 Å². The molecule has 0 aliphatic carbocycles. The topological polar surface area (TPSA) is 63.9 Å². The first kappa shape index (κ1) is 17.9. The van der Waals surface area contributed by atoms with Gasteiger partial charge in [-0.25, -0.2) is 15.0 Å². The van der Waals surface area contributed by atoms with E-state index in [1.54, 1.807) is 23.9 Å². The summed E-state index contributed by atoms with van der Waals surface area (Å²) in [7, 11) is 1.78. The van der Waals surface area contributed by atoms with Crippen LogP contribution in [0.1, 0.15) is 24.3 Å². The molecule has 0 N–H and O–H groups in total. The standard InChI is InChI=1S/C20H20BrN5O/c1-25-19(27)11-18(17-8-9-22-13-23-17)24-20(25)26-10-2-3-15(12-26)14-4-6-16(21)7-5-14/h4-9,11,13,15H,2-3,10,12H2,1H3. The van der Waals surface area contributed by atoms with E-state index >= 15 is 0 Å². The predicted molar refractivity (Wildman–Crippen MR) is 109 cm³/mol. The number of hydrogen-bond donors (Lipinski definition) is 0. The van der Waals surface area contributed by atoms with Crippen molar-refractivity contribution >= 4 is 21.9 Å². The zero-order valence-electron chi connectivity index (χ0n) is 15.0. The van der Waals surface area contributed by atoms with Crippen LogP contribution in [0.25, 0.3) is 11.4 Å². The first-order valence-corrected chi connectivity index (χ1v) is 9.76. The van der Waals surface area contributed by atoms with Gasteiger partial charge in [-0.2, -0.15) is 0 Å². The van der Waals surface area contributed by atoms with Gasteiger partial charge in [0.1, 0.15) is 6.33 Å². The maximum Gasteiger partial charge on any atom is 0.255 e. The summed E-state index contributed by atoms with van der Waals surface area (Å²) in [6.45, 7) is 1.73. The van der Waals surface area contributed by atoms with Crippen LogP contribution in [0.4, 0.5) is 5.95 Å². The Morgan fingerprint density at radius 3 is 2.70 bits per heavy atom. The van der Waals surface area contributed by atoms with Gasteiger partial charge in [-0.3, -0.25) is 9.36 Å². The Bertz CT molecular complexity index is 988. The van der Waals surface area contributed by atoms with Gasteiger partial charge in [-0.1, -0.05) is 28.1 Å². The Kier molecular flexibility index (Phi) is 5.03. The maximum atomic E-state index is 12.5. The molecule has 0 spiro atoms. The lowest BCUT2D eigenvalue weighted by molar-refractivity contribution is 0.497. The fourth-order valence-electron chi connectivity index (χ4n) is 3.55. The van der Waals surface area contributed by atoms with E-state index in [1.807, 2.05) is 0 Å². The van der Waals surface area contributed by atoms with Crippen LogP contribution < -0.4 is 10.5 Å². The van der Waals surface area contributed by atoms with E-state index in [-0.39, 0.29) is 5.56 Å². The van der Waals surface area contributed by atoms with Gasteiger partial charge in [-0.05, 0) is 36.6 Å². The third-order valence-electron chi connectivity index (χ3n) is 5.00. The molecule has 27 heavy (non-hydrogen) atoms. The molecule has 4 rings (SSSR count). The minimum absolute atomic E-state index is 0.0839. The van der Waals surface area contributed by atoms with E-state index in [9.17, 15) is 4.79 Å². The Hall–Kier alpha value is -2.54. The van der Waals surface area contributed by atoms with Gasteiger partial charge in [-0.15, -0.1) is 0 Å². The van der Waals surface area contributed by atoms with Crippen molar-refractivity contribution in [3.05, 3.63) is 69.3 Å². The number of halogens is 1. The summed E-state index contributed by atoms with van der Waals surface area (Å²) in [4.78, 5) is 27.7. The van der Waals surface area contributed by atoms with E-state index in [0.717, 1.165) is 30.4 Å². The monoisotopic (exact) mass is 425 g/mol. The number of hydrogen-bond acceptors (Lipinski definition) is 5. The van der Waals surface area contributed by atoms with Crippen LogP contribution in [-0.4, -0.2) is 32.6 Å². The molecular formula is C20H20BrN5O. The summed E-state index contributed by atoms with van der Waals surface area (Å²) in [5.41, 5.74) is 2.48. The third kappa shape index (κ3) is 3.78. The van der Waals surface area contributed by atoms with Gasteiger partial charge in [0.25, 0.3) is 5.56 Å². The van der Waals surface area contributed by atoms with Gasteiger partial charge in [0.15, 0.2) is 0 Å². The molecule has 2 aromatic heterocycles. The molecule has 1 unspecified atom stereocenters. The van der Waals surface area contributed by atoms with Gasteiger partial charge in [0.05, 0.1) is 11.4 Å². The van der Waals surface area contributed by atoms with Crippen LogP contribution in [0.5, 0.6) is 0 Å². The number of nitrogens with zero attached hydrogens (tertiary/aromatic N) is 5. The number of benzene rings is 1. The normalized spacial score (nSPS) is 17.1. The summed E-state index contributed by atoms with van der Waals surface area (Å²) in [5.74, 6) is 1.12. The average Bonchev–Trinajstić information content (AvgIpc) is 2.71. The molecule has 3 aromatic rings. The molecule has 7 heteroatoms. The Morgan fingerprint density at radius 2 is 1.96 bits per heavy atom. The number of piperidine rings is 1. The highest BCUT2D eigenvalue weighted by atomic mass is 79.9. The molecular weight excluding hydrogens is 406 g/mol. The molecule has 1 atom stereocenters. The predicted octanol–water partition coefficient (Wildman–Crippen LogP) is 3.38. The molecule has 1 aromatic carbocycles. The van der Waals surface area contributed by atoms with E-state index in [2.05, 4.69) is 55.1 Å². The zero-order valence-corrected chi connectivity index (χ0v) is 16.6. The lowest BCUT2D eigenvalue weighted by Crippen LogP contribution is -2.38. The lowest BCUT2D eigenvalue weighted by atomic mass is 9.91. The molecule has 1 saturated heterocycles. The van der Waals surface area contributed by atoms with Crippen molar-refractivity contribution in [3.63, 3.8) is 0 Å². The van der Waals surface area contributed by atoms with Crippen LogP contribution in [0.15, 0.2) is 58.2 Å². The van der Waals surface area contributed by atoms with Crippen LogP contribution in [-0.2, 0) is 7.05 Å². The molecule has 1 aliphatic rings. The third-order valence-corrected chi connectivity index (χ3v) is 5.53. The highest BCUT2D eigenvalue weighted by molar-refractivity contribution is 9.10. The van der Waals surface area contributed by atoms with Crippen molar-refractivity contribution in [1.29, 1.82) is 0 Å². The van der Waals surface area contributed by atoms with E-state index < -0.39 is 0 Å². The van der Waals surface area contributed by atoms with Crippen LogP contribution >= 0.6 is 15.9 Å². The van der Waals surface area contributed by atoms with E-state index in [4.69, 9.17) is 4.98 Å². The molecule has 3 heterocycles. The minimum atomic E-state index is -0.0839. The van der Waals surface area contributed by atoms with Crippen molar-refractivity contribution in [2.45, 2.75) is 18.8 Å². The van der Waals surface area contributed by atoms with Crippen LogP contribution in [0.3, 0.4) is 0 Å². The number of aromatic nitrogens is 4. The molecule has 138 valence electrons. The Labute approximate surface area is 166 Å². The molecule has 0 radical (unpaired) electrons. The number of anilines is 1.